The first-order chi connectivity index (χ1) is 8.45. The number of hydrazone groups is 1. The third kappa shape index (κ3) is 2.09. The first kappa shape index (κ1) is 12.6. The molecule has 0 amide bonds. The van der Waals surface area contributed by atoms with Crippen molar-refractivity contribution in [2.24, 2.45) is 10.5 Å². The highest BCUT2D eigenvalue weighted by Gasteiger charge is 2.35. The van der Waals surface area contributed by atoms with E-state index in [1.165, 1.54) is 5.56 Å². The summed E-state index contributed by atoms with van der Waals surface area (Å²) in [6.07, 6.45) is 1.80. The number of benzene rings is 1. The second kappa shape index (κ2) is 4.43. The van der Waals surface area contributed by atoms with Crippen molar-refractivity contribution in [3.8, 4) is 0 Å². The van der Waals surface area contributed by atoms with Gasteiger partial charge < -0.3 is 0 Å². The van der Waals surface area contributed by atoms with Crippen molar-refractivity contribution in [3.05, 3.63) is 41.1 Å². The van der Waals surface area contributed by atoms with Crippen LogP contribution in [0.4, 0.5) is 0 Å². The molecule has 0 spiro atoms. The molecule has 1 aromatic rings. The van der Waals surface area contributed by atoms with Crippen LogP contribution in [0, 0.1) is 5.41 Å². The fourth-order valence-electron chi connectivity index (χ4n) is 2.36. The minimum absolute atomic E-state index is 0.0219. The van der Waals surface area contributed by atoms with Crippen molar-refractivity contribution in [1.82, 2.24) is 5.01 Å². The maximum Gasteiger partial charge on any atom is 0.147 e. The Morgan fingerprint density at radius 3 is 2.61 bits per heavy atom. The Bertz CT molecular complexity index is 534. The van der Waals surface area contributed by atoms with E-state index in [0.29, 0.717) is 5.70 Å². The van der Waals surface area contributed by atoms with Gasteiger partial charge in [-0.2, -0.15) is 5.10 Å². The summed E-state index contributed by atoms with van der Waals surface area (Å²) in [5, 5.41) is 6.17. The number of allylic oxidation sites excluding steroid dienone is 1. The monoisotopic (exact) mass is 242 g/mol. The van der Waals surface area contributed by atoms with E-state index in [0.717, 1.165) is 5.56 Å². The van der Waals surface area contributed by atoms with Gasteiger partial charge >= 0.3 is 0 Å². The van der Waals surface area contributed by atoms with Gasteiger partial charge in [-0.15, -0.1) is 0 Å². The lowest BCUT2D eigenvalue weighted by atomic mass is 9.79. The summed E-state index contributed by atoms with van der Waals surface area (Å²) >= 11 is 0. The summed E-state index contributed by atoms with van der Waals surface area (Å²) < 4.78 is 0. The Kier molecular flexibility index (Phi) is 3.10. The molecule has 0 aliphatic carbocycles. The molecule has 18 heavy (non-hydrogen) atoms. The number of rotatable bonds is 1. The molecule has 0 aromatic heterocycles. The predicted octanol–water partition coefficient (Wildman–Crippen LogP) is 3.16. The van der Waals surface area contributed by atoms with Crippen molar-refractivity contribution >= 4 is 12.2 Å². The van der Waals surface area contributed by atoms with Gasteiger partial charge in [0.1, 0.15) is 11.6 Å². The molecular formula is C15H18N2O. The third-order valence-corrected chi connectivity index (χ3v) is 3.17. The Morgan fingerprint density at radius 1 is 1.33 bits per heavy atom. The van der Waals surface area contributed by atoms with Crippen molar-refractivity contribution in [2.45, 2.75) is 33.7 Å². The largest absolute Gasteiger partial charge is 0.251 e. The van der Waals surface area contributed by atoms with Gasteiger partial charge in [0.05, 0.1) is 12.3 Å². The van der Waals surface area contributed by atoms with Crippen LogP contribution in [0.1, 0.15) is 44.9 Å². The van der Waals surface area contributed by atoms with Gasteiger partial charge in [0.15, 0.2) is 0 Å². The molecule has 94 valence electrons. The predicted molar refractivity (Wildman–Crippen MR) is 73.0 cm³/mol. The molecule has 0 N–H and O–H groups in total. The second-order valence-corrected chi connectivity index (χ2v) is 5.67. The van der Waals surface area contributed by atoms with E-state index in [1.807, 2.05) is 18.1 Å². The highest BCUT2D eigenvalue weighted by Crippen LogP contribution is 2.42. The Morgan fingerprint density at radius 2 is 2.00 bits per heavy atom. The van der Waals surface area contributed by atoms with E-state index in [4.69, 9.17) is 0 Å². The average Bonchev–Trinajstić information content (AvgIpc) is 2.35. The Hall–Kier alpha value is -1.86. The lowest BCUT2D eigenvalue weighted by molar-refractivity contribution is 0.136. The topological polar surface area (TPSA) is 32.7 Å². The fraction of sp³-hybridized carbons (Fsp3) is 0.400. The van der Waals surface area contributed by atoms with Crippen LogP contribution in [-0.2, 0) is 4.79 Å². The molecule has 3 heteroatoms. The zero-order valence-electron chi connectivity index (χ0n) is 11.3. The molecule has 1 unspecified atom stereocenters. The van der Waals surface area contributed by atoms with E-state index in [9.17, 15) is 4.79 Å². The number of carbonyl (C=O) groups excluding carboxylic acids is 1. The zero-order valence-corrected chi connectivity index (χ0v) is 11.3. The van der Waals surface area contributed by atoms with Crippen molar-refractivity contribution in [2.75, 3.05) is 0 Å². The highest BCUT2D eigenvalue weighted by atomic mass is 16.1. The van der Waals surface area contributed by atoms with Gasteiger partial charge in [-0.05, 0) is 23.5 Å². The van der Waals surface area contributed by atoms with E-state index in [-0.39, 0.29) is 11.5 Å². The lowest BCUT2D eigenvalue weighted by Gasteiger charge is -2.40. The Balaban J connectivity index is 2.59. The standard InChI is InChI=1S/C15H18N2O/c1-11(10-18)17-14(15(2,3)4)13-8-6-5-7-12(13)9-16-17/h5-9,14H,1-4H3. The van der Waals surface area contributed by atoms with Crippen LogP contribution < -0.4 is 0 Å². The number of hydrogen-bond donors (Lipinski definition) is 0. The molecule has 1 aliphatic heterocycles. The van der Waals surface area contributed by atoms with Crippen molar-refractivity contribution in [3.63, 3.8) is 0 Å². The van der Waals surface area contributed by atoms with E-state index in [1.54, 1.807) is 18.1 Å². The van der Waals surface area contributed by atoms with Crippen LogP contribution in [0.5, 0.6) is 0 Å². The molecule has 0 saturated carbocycles. The number of hydrogen-bond acceptors (Lipinski definition) is 3. The maximum atomic E-state index is 10.9. The van der Waals surface area contributed by atoms with Crippen LogP contribution in [0.15, 0.2) is 35.1 Å². The van der Waals surface area contributed by atoms with Gasteiger partial charge in [0.25, 0.3) is 0 Å². The van der Waals surface area contributed by atoms with Crippen LogP contribution in [0.2, 0.25) is 0 Å². The zero-order chi connectivity index (χ0) is 13.3. The minimum atomic E-state index is -0.0219. The van der Waals surface area contributed by atoms with Gasteiger partial charge in [-0.25, -0.2) is 4.79 Å². The molecule has 1 aliphatic rings. The first-order valence-electron chi connectivity index (χ1n) is 6.09. The van der Waals surface area contributed by atoms with Gasteiger partial charge in [-0.1, -0.05) is 45.0 Å². The maximum absolute atomic E-state index is 10.9. The summed E-state index contributed by atoms with van der Waals surface area (Å²) in [7, 11) is 0. The molecule has 1 aromatic carbocycles. The van der Waals surface area contributed by atoms with E-state index < -0.39 is 0 Å². The van der Waals surface area contributed by atoms with E-state index in [2.05, 4.69) is 38.0 Å². The Labute approximate surface area is 108 Å². The molecule has 0 bridgehead atoms. The fourth-order valence-corrected chi connectivity index (χ4v) is 2.36. The summed E-state index contributed by atoms with van der Waals surface area (Å²) in [5.41, 5.74) is 2.81. The molecule has 0 saturated heterocycles. The molecular weight excluding hydrogens is 224 g/mol. The quantitative estimate of drug-likeness (QED) is 0.709. The average molecular weight is 242 g/mol. The van der Waals surface area contributed by atoms with Crippen LogP contribution in [0.25, 0.3) is 0 Å². The van der Waals surface area contributed by atoms with Crippen LogP contribution in [-0.4, -0.2) is 17.2 Å². The van der Waals surface area contributed by atoms with Crippen molar-refractivity contribution in [1.29, 1.82) is 0 Å². The molecule has 3 nitrogen and oxygen atoms in total. The summed E-state index contributed by atoms with van der Waals surface area (Å²) in [6, 6.07) is 8.23. The van der Waals surface area contributed by atoms with Gasteiger partial charge in [-0.3, -0.25) is 5.01 Å². The summed E-state index contributed by atoms with van der Waals surface area (Å²) in [6.45, 7) is 8.21. The van der Waals surface area contributed by atoms with Gasteiger partial charge in [0.2, 0.25) is 0 Å². The number of fused-ring (bicyclic) bond motifs is 1. The smallest absolute Gasteiger partial charge is 0.147 e. The minimum Gasteiger partial charge on any atom is -0.251 e. The van der Waals surface area contributed by atoms with Gasteiger partial charge in [0, 0.05) is 0 Å². The third-order valence-electron chi connectivity index (χ3n) is 3.17. The second-order valence-electron chi connectivity index (χ2n) is 5.67. The van der Waals surface area contributed by atoms with Crippen molar-refractivity contribution < 1.29 is 4.79 Å². The lowest BCUT2D eigenvalue weighted by Crippen LogP contribution is -2.35. The van der Waals surface area contributed by atoms with Crippen LogP contribution >= 0.6 is 0 Å². The molecule has 1 atom stereocenters. The molecule has 0 fully saturated rings. The molecule has 1 heterocycles. The number of nitrogens with zero attached hydrogens (tertiary/aromatic N) is 2. The summed E-state index contributed by atoms with van der Waals surface area (Å²) in [5.74, 6) is 1.95. The molecule has 0 radical (unpaired) electrons. The molecule has 2 rings (SSSR count). The highest BCUT2D eigenvalue weighted by molar-refractivity contribution is 5.83. The van der Waals surface area contributed by atoms with E-state index >= 15 is 0 Å². The SMILES string of the molecule is CC(=C=O)N1N=Cc2ccccc2C1C(C)(C)C. The first-order valence-corrected chi connectivity index (χ1v) is 6.09. The summed E-state index contributed by atoms with van der Waals surface area (Å²) in [4.78, 5) is 10.9. The van der Waals surface area contributed by atoms with Crippen LogP contribution in [0.3, 0.4) is 0 Å². The normalized spacial score (nSPS) is 18.2.